The Hall–Kier alpha value is -1.20. The van der Waals surface area contributed by atoms with Gasteiger partial charge in [-0.25, -0.2) is 4.39 Å². The van der Waals surface area contributed by atoms with E-state index >= 15 is 0 Å². The number of halogens is 2. The fraction of sp³-hybridized carbons (Fsp3) is 0.438. The van der Waals surface area contributed by atoms with E-state index in [1.165, 1.54) is 11.6 Å². The number of hydrogen-bond acceptors (Lipinski definition) is 2. The van der Waals surface area contributed by atoms with Gasteiger partial charge in [0, 0.05) is 23.6 Å². The molecule has 0 spiro atoms. The van der Waals surface area contributed by atoms with Gasteiger partial charge < -0.3 is 5.11 Å². The van der Waals surface area contributed by atoms with Gasteiger partial charge in [-0.05, 0) is 49.9 Å². The van der Waals surface area contributed by atoms with Gasteiger partial charge in [0.25, 0.3) is 0 Å². The van der Waals surface area contributed by atoms with Crippen molar-refractivity contribution in [3.8, 4) is 0 Å². The van der Waals surface area contributed by atoms with E-state index in [-0.39, 0.29) is 5.82 Å². The van der Waals surface area contributed by atoms with E-state index in [1.807, 2.05) is 25.6 Å². The molecule has 0 fully saturated rings. The molecule has 21 heavy (non-hydrogen) atoms. The molecule has 1 N–H and O–H groups in total. The largest absolute Gasteiger partial charge is 0.393 e. The summed E-state index contributed by atoms with van der Waals surface area (Å²) in [5, 5.41) is 14.5. The molecule has 2 rings (SSSR count). The van der Waals surface area contributed by atoms with Gasteiger partial charge in [0.05, 0.1) is 11.8 Å². The van der Waals surface area contributed by atoms with Gasteiger partial charge in [0.1, 0.15) is 5.82 Å². The summed E-state index contributed by atoms with van der Waals surface area (Å²) >= 11 is 3.23. The SMILES string of the molecule is Cc1nn(C)c(C)c1CCC(O)Cc1ccc(Br)cc1F. The van der Waals surface area contributed by atoms with Crippen LogP contribution in [-0.2, 0) is 19.9 Å². The zero-order valence-corrected chi connectivity index (χ0v) is 14.1. The smallest absolute Gasteiger partial charge is 0.127 e. The van der Waals surface area contributed by atoms with Crippen LogP contribution in [0.4, 0.5) is 4.39 Å². The lowest BCUT2D eigenvalue weighted by Gasteiger charge is -2.12. The molecule has 1 atom stereocenters. The van der Waals surface area contributed by atoms with Crippen molar-refractivity contribution in [3.05, 3.63) is 51.0 Å². The first kappa shape index (κ1) is 16.2. The van der Waals surface area contributed by atoms with Crippen LogP contribution in [0.3, 0.4) is 0 Å². The van der Waals surface area contributed by atoms with Crippen molar-refractivity contribution in [1.82, 2.24) is 9.78 Å². The Kier molecular flexibility index (Phi) is 5.17. The van der Waals surface area contributed by atoms with Crippen LogP contribution in [0.2, 0.25) is 0 Å². The van der Waals surface area contributed by atoms with Crippen molar-refractivity contribution < 1.29 is 9.50 Å². The molecule has 1 aromatic heterocycles. The number of aryl methyl sites for hydroxylation is 2. The molecule has 0 aliphatic rings. The highest BCUT2D eigenvalue weighted by molar-refractivity contribution is 9.10. The third-order valence-electron chi connectivity index (χ3n) is 3.86. The molecule has 1 heterocycles. The maximum atomic E-state index is 13.8. The van der Waals surface area contributed by atoms with E-state index in [1.54, 1.807) is 12.1 Å². The van der Waals surface area contributed by atoms with Crippen molar-refractivity contribution >= 4 is 15.9 Å². The van der Waals surface area contributed by atoms with Crippen LogP contribution in [0.25, 0.3) is 0 Å². The number of rotatable bonds is 5. The predicted octanol–water partition coefficient (Wildman–Crippen LogP) is 3.47. The quantitative estimate of drug-likeness (QED) is 0.892. The second kappa shape index (κ2) is 6.71. The van der Waals surface area contributed by atoms with Gasteiger partial charge in [0.2, 0.25) is 0 Å². The van der Waals surface area contributed by atoms with Crippen LogP contribution in [0.1, 0.15) is 28.9 Å². The molecule has 0 saturated carbocycles. The number of aliphatic hydroxyl groups is 1. The minimum absolute atomic E-state index is 0.280. The molecule has 0 aliphatic heterocycles. The molecule has 3 nitrogen and oxygen atoms in total. The van der Waals surface area contributed by atoms with E-state index in [0.29, 0.717) is 22.9 Å². The molecular weight excluding hydrogens is 335 g/mol. The summed E-state index contributed by atoms with van der Waals surface area (Å²) in [4.78, 5) is 0. The van der Waals surface area contributed by atoms with E-state index in [4.69, 9.17) is 0 Å². The van der Waals surface area contributed by atoms with Crippen LogP contribution in [0.15, 0.2) is 22.7 Å². The normalized spacial score (nSPS) is 12.7. The Bertz CT molecular complexity index is 639. The van der Waals surface area contributed by atoms with Crippen LogP contribution in [-0.4, -0.2) is 21.0 Å². The third kappa shape index (κ3) is 3.92. The summed E-state index contributed by atoms with van der Waals surface area (Å²) < 4.78 is 16.3. The number of nitrogens with zero attached hydrogens (tertiary/aromatic N) is 2. The lowest BCUT2D eigenvalue weighted by molar-refractivity contribution is 0.164. The molecule has 2 aromatic rings. The van der Waals surface area contributed by atoms with Crippen LogP contribution in [0.5, 0.6) is 0 Å². The van der Waals surface area contributed by atoms with Crippen molar-refractivity contribution in [2.45, 2.75) is 39.2 Å². The molecule has 1 unspecified atom stereocenters. The summed E-state index contributed by atoms with van der Waals surface area (Å²) in [5.74, 6) is -0.280. The van der Waals surface area contributed by atoms with Gasteiger partial charge in [-0.2, -0.15) is 5.10 Å². The first-order valence-corrected chi connectivity index (χ1v) is 7.79. The molecular formula is C16H20BrFN2O. The van der Waals surface area contributed by atoms with Crippen molar-refractivity contribution in [1.29, 1.82) is 0 Å². The fourth-order valence-corrected chi connectivity index (χ4v) is 2.87. The Morgan fingerprint density at radius 2 is 2.10 bits per heavy atom. The molecule has 0 bridgehead atoms. The minimum Gasteiger partial charge on any atom is -0.393 e. The van der Waals surface area contributed by atoms with Gasteiger partial charge >= 0.3 is 0 Å². The zero-order valence-electron chi connectivity index (χ0n) is 12.5. The monoisotopic (exact) mass is 354 g/mol. The molecule has 0 saturated heterocycles. The highest BCUT2D eigenvalue weighted by atomic mass is 79.9. The van der Waals surface area contributed by atoms with Crippen LogP contribution in [0, 0.1) is 19.7 Å². The molecule has 0 amide bonds. The highest BCUT2D eigenvalue weighted by Gasteiger charge is 2.14. The number of hydrogen-bond donors (Lipinski definition) is 1. The van der Waals surface area contributed by atoms with E-state index in [0.717, 1.165) is 17.8 Å². The molecule has 1 aromatic carbocycles. The second-order valence-corrected chi connectivity index (χ2v) is 6.32. The molecule has 114 valence electrons. The van der Waals surface area contributed by atoms with Gasteiger partial charge in [-0.15, -0.1) is 0 Å². The van der Waals surface area contributed by atoms with Gasteiger partial charge in [-0.1, -0.05) is 22.0 Å². The summed E-state index contributed by atoms with van der Waals surface area (Å²) in [6, 6.07) is 4.93. The first-order valence-electron chi connectivity index (χ1n) is 6.99. The highest BCUT2D eigenvalue weighted by Crippen LogP contribution is 2.19. The van der Waals surface area contributed by atoms with Gasteiger partial charge in [-0.3, -0.25) is 4.68 Å². The lowest BCUT2D eigenvalue weighted by atomic mass is 10.00. The van der Waals surface area contributed by atoms with Crippen molar-refractivity contribution in [2.75, 3.05) is 0 Å². The standard InChI is InChI=1S/C16H20BrFN2O/c1-10-15(11(2)20(3)19-10)7-6-14(21)8-12-4-5-13(17)9-16(12)18/h4-5,9,14,21H,6-8H2,1-3H3. The molecule has 0 aliphatic carbocycles. The lowest BCUT2D eigenvalue weighted by Crippen LogP contribution is -2.13. The average Bonchev–Trinajstić information content (AvgIpc) is 2.65. The van der Waals surface area contributed by atoms with Crippen LogP contribution < -0.4 is 0 Å². The van der Waals surface area contributed by atoms with Crippen molar-refractivity contribution in [2.24, 2.45) is 7.05 Å². The van der Waals surface area contributed by atoms with E-state index < -0.39 is 6.10 Å². The Balaban J connectivity index is 1.97. The topological polar surface area (TPSA) is 38.0 Å². The molecule has 0 radical (unpaired) electrons. The average molecular weight is 355 g/mol. The van der Waals surface area contributed by atoms with E-state index in [2.05, 4.69) is 21.0 Å². The maximum absolute atomic E-state index is 13.8. The molecule has 5 heteroatoms. The number of aromatic nitrogens is 2. The maximum Gasteiger partial charge on any atom is 0.127 e. The summed E-state index contributed by atoms with van der Waals surface area (Å²) in [6.45, 7) is 4.00. The predicted molar refractivity (Wildman–Crippen MR) is 84.8 cm³/mol. The number of aliphatic hydroxyl groups excluding tert-OH is 1. The summed E-state index contributed by atoms with van der Waals surface area (Å²) in [5.41, 5.74) is 3.84. The Labute approximate surface area is 132 Å². The number of benzene rings is 1. The summed E-state index contributed by atoms with van der Waals surface area (Å²) in [7, 11) is 1.92. The Morgan fingerprint density at radius 1 is 1.38 bits per heavy atom. The first-order chi connectivity index (χ1) is 9.88. The van der Waals surface area contributed by atoms with Crippen molar-refractivity contribution in [3.63, 3.8) is 0 Å². The van der Waals surface area contributed by atoms with Gasteiger partial charge in [0.15, 0.2) is 0 Å². The zero-order chi connectivity index (χ0) is 15.6. The van der Waals surface area contributed by atoms with E-state index in [9.17, 15) is 9.50 Å². The minimum atomic E-state index is -0.556. The third-order valence-corrected chi connectivity index (χ3v) is 4.35. The Morgan fingerprint density at radius 3 is 2.67 bits per heavy atom. The second-order valence-electron chi connectivity index (χ2n) is 5.41. The summed E-state index contributed by atoms with van der Waals surface area (Å²) in [6.07, 6.45) is 1.13. The van der Waals surface area contributed by atoms with Crippen LogP contribution >= 0.6 is 15.9 Å². The fourth-order valence-electron chi connectivity index (χ4n) is 2.53.